The van der Waals surface area contributed by atoms with Crippen LogP contribution in [0.2, 0.25) is 0 Å². The van der Waals surface area contributed by atoms with Crippen LogP contribution >= 0.6 is 11.8 Å². The minimum Gasteiger partial charge on any atom is -0.368 e. The van der Waals surface area contributed by atoms with Crippen molar-refractivity contribution >= 4 is 40.2 Å². The second kappa shape index (κ2) is 10.2. The predicted octanol–water partition coefficient (Wildman–Crippen LogP) is 4.68. The van der Waals surface area contributed by atoms with E-state index in [-0.39, 0.29) is 5.91 Å². The molecule has 2 aliphatic rings. The third-order valence-corrected chi connectivity index (χ3v) is 8.00. The number of benzene rings is 2. The first-order valence-electron chi connectivity index (χ1n) is 12.3. The SMILES string of the molecule is Cc1cccc(N2CCN(C(=O)CSc3nc4ccccc4nc3N3CCCCC3)CC2)c1C. The van der Waals surface area contributed by atoms with Crippen LogP contribution < -0.4 is 9.80 Å². The van der Waals surface area contributed by atoms with Gasteiger partial charge in [0.05, 0.1) is 16.8 Å². The number of piperazine rings is 1. The molecule has 5 rings (SSSR count). The van der Waals surface area contributed by atoms with E-state index in [0.717, 1.165) is 61.1 Å². The summed E-state index contributed by atoms with van der Waals surface area (Å²) in [7, 11) is 0. The molecule has 1 amide bonds. The van der Waals surface area contributed by atoms with Gasteiger partial charge in [-0.05, 0) is 62.4 Å². The summed E-state index contributed by atoms with van der Waals surface area (Å²) in [4.78, 5) is 29.7. The maximum absolute atomic E-state index is 13.1. The van der Waals surface area contributed by atoms with Crippen LogP contribution in [0.1, 0.15) is 30.4 Å². The number of hydrogen-bond acceptors (Lipinski definition) is 6. The molecule has 0 spiro atoms. The minimum absolute atomic E-state index is 0.185. The Labute approximate surface area is 206 Å². The molecule has 0 bridgehead atoms. The number of fused-ring (bicyclic) bond motifs is 1. The van der Waals surface area contributed by atoms with E-state index in [1.54, 1.807) is 0 Å². The highest BCUT2D eigenvalue weighted by molar-refractivity contribution is 8.00. The van der Waals surface area contributed by atoms with Gasteiger partial charge in [0, 0.05) is 45.0 Å². The van der Waals surface area contributed by atoms with E-state index < -0.39 is 0 Å². The summed E-state index contributed by atoms with van der Waals surface area (Å²) in [5, 5.41) is 0.878. The van der Waals surface area contributed by atoms with Gasteiger partial charge in [-0.2, -0.15) is 0 Å². The molecule has 2 aromatic carbocycles. The maximum Gasteiger partial charge on any atom is 0.233 e. The summed E-state index contributed by atoms with van der Waals surface area (Å²) in [5.41, 5.74) is 5.74. The first-order valence-corrected chi connectivity index (χ1v) is 13.3. The number of carbonyl (C=O) groups is 1. The van der Waals surface area contributed by atoms with Crippen LogP contribution in [0.4, 0.5) is 11.5 Å². The summed E-state index contributed by atoms with van der Waals surface area (Å²) in [5.74, 6) is 1.53. The summed E-state index contributed by atoms with van der Waals surface area (Å²) in [6.45, 7) is 9.62. The third kappa shape index (κ3) is 4.85. The Bertz CT molecular complexity index is 1170. The fourth-order valence-corrected chi connectivity index (χ4v) is 5.79. The fourth-order valence-electron chi connectivity index (χ4n) is 4.88. The van der Waals surface area contributed by atoms with Gasteiger partial charge in [-0.3, -0.25) is 4.79 Å². The van der Waals surface area contributed by atoms with Crippen molar-refractivity contribution in [3.63, 3.8) is 0 Å². The molecule has 3 heterocycles. The first-order chi connectivity index (χ1) is 16.6. The van der Waals surface area contributed by atoms with Crippen LogP contribution in [0, 0.1) is 13.8 Å². The molecule has 6 nitrogen and oxygen atoms in total. The van der Waals surface area contributed by atoms with Gasteiger partial charge in [-0.1, -0.05) is 36.0 Å². The van der Waals surface area contributed by atoms with E-state index in [1.807, 2.05) is 29.2 Å². The molecule has 0 aliphatic carbocycles. The summed E-state index contributed by atoms with van der Waals surface area (Å²) < 4.78 is 0. The second-order valence-electron chi connectivity index (χ2n) is 9.26. The van der Waals surface area contributed by atoms with Crippen LogP contribution in [0.3, 0.4) is 0 Å². The van der Waals surface area contributed by atoms with E-state index in [9.17, 15) is 4.79 Å². The molecule has 0 unspecified atom stereocenters. The highest BCUT2D eigenvalue weighted by Gasteiger charge is 2.24. The number of aryl methyl sites for hydroxylation is 1. The molecular formula is C27H33N5OS. The quantitative estimate of drug-likeness (QED) is 0.500. The zero-order valence-electron chi connectivity index (χ0n) is 20.2. The van der Waals surface area contributed by atoms with Crippen LogP contribution in [0.5, 0.6) is 0 Å². The minimum atomic E-state index is 0.185. The Balaban J connectivity index is 1.25. The molecule has 2 saturated heterocycles. The van der Waals surface area contributed by atoms with Gasteiger partial charge in [0.1, 0.15) is 5.03 Å². The van der Waals surface area contributed by atoms with Crippen molar-refractivity contribution in [2.45, 2.75) is 38.1 Å². The van der Waals surface area contributed by atoms with Gasteiger partial charge in [-0.25, -0.2) is 9.97 Å². The van der Waals surface area contributed by atoms with Crippen molar-refractivity contribution in [2.24, 2.45) is 0 Å². The molecule has 0 N–H and O–H groups in total. The van der Waals surface area contributed by atoms with E-state index in [4.69, 9.17) is 9.97 Å². The number of anilines is 2. The van der Waals surface area contributed by atoms with Crippen LogP contribution in [-0.2, 0) is 4.79 Å². The van der Waals surface area contributed by atoms with Crippen molar-refractivity contribution in [3.8, 4) is 0 Å². The molecule has 2 aliphatic heterocycles. The Kier molecular flexibility index (Phi) is 6.90. The summed E-state index contributed by atoms with van der Waals surface area (Å²) >= 11 is 1.54. The Hall–Kier alpha value is -2.80. The zero-order valence-corrected chi connectivity index (χ0v) is 21.0. The van der Waals surface area contributed by atoms with E-state index >= 15 is 0 Å². The summed E-state index contributed by atoms with van der Waals surface area (Å²) in [6.07, 6.45) is 3.64. The molecule has 0 saturated carbocycles. The van der Waals surface area contributed by atoms with Crippen molar-refractivity contribution in [1.82, 2.24) is 14.9 Å². The Morgan fingerprint density at radius 2 is 1.53 bits per heavy atom. The van der Waals surface area contributed by atoms with Crippen LogP contribution in [-0.4, -0.2) is 65.8 Å². The summed E-state index contributed by atoms with van der Waals surface area (Å²) in [6, 6.07) is 14.5. The van der Waals surface area contributed by atoms with Gasteiger partial charge in [0.15, 0.2) is 5.82 Å². The normalized spacial score (nSPS) is 16.8. The van der Waals surface area contributed by atoms with Crippen molar-refractivity contribution in [3.05, 3.63) is 53.6 Å². The topological polar surface area (TPSA) is 52.6 Å². The first kappa shape index (κ1) is 23.0. The average Bonchev–Trinajstić information content (AvgIpc) is 2.89. The molecule has 3 aromatic rings. The highest BCUT2D eigenvalue weighted by atomic mass is 32.2. The third-order valence-electron chi connectivity index (χ3n) is 7.06. The fraction of sp³-hybridized carbons (Fsp3) is 0.444. The lowest BCUT2D eigenvalue weighted by atomic mass is 10.1. The van der Waals surface area contributed by atoms with Crippen LogP contribution in [0.15, 0.2) is 47.5 Å². The molecule has 7 heteroatoms. The van der Waals surface area contributed by atoms with Gasteiger partial charge in [0.2, 0.25) is 5.91 Å². The molecule has 2 fully saturated rings. The molecule has 0 radical (unpaired) electrons. The molecule has 178 valence electrons. The standard InChI is InChI=1S/C27H33N5OS/c1-20-9-8-12-24(21(20)2)30-15-17-31(18-16-30)25(33)19-34-27-26(32-13-6-3-7-14-32)28-22-10-4-5-11-23(22)29-27/h4-5,8-12H,3,6-7,13-19H2,1-2H3. The lowest BCUT2D eigenvalue weighted by Gasteiger charge is -2.37. The number of nitrogens with zero attached hydrogens (tertiary/aromatic N) is 5. The Morgan fingerprint density at radius 1 is 0.824 bits per heavy atom. The van der Waals surface area contributed by atoms with Crippen molar-refractivity contribution in [1.29, 1.82) is 0 Å². The number of piperidine rings is 1. The van der Waals surface area contributed by atoms with Crippen molar-refractivity contribution in [2.75, 3.05) is 54.8 Å². The average molecular weight is 476 g/mol. The van der Waals surface area contributed by atoms with E-state index in [0.29, 0.717) is 5.75 Å². The number of amides is 1. The van der Waals surface area contributed by atoms with Gasteiger partial charge in [0.25, 0.3) is 0 Å². The maximum atomic E-state index is 13.1. The van der Waals surface area contributed by atoms with E-state index in [2.05, 4.69) is 41.8 Å². The lowest BCUT2D eigenvalue weighted by Crippen LogP contribution is -2.49. The van der Waals surface area contributed by atoms with Crippen molar-refractivity contribution < 1.29 is 4.79 Å². The molecular weight excluding hydrogens is 442 g/mol. The number of aromatic nitrogens is 2. The highest BCUT2D eigenvalue weighted by Crippen LogP contribution is 2.31. The number of para-hydroxylation sites is 2. The van der Waals surface area contributed by atoms with Crippen LogP contribution in [0.25, 0.3) is 11.0 Å². The predicted molar refractivity (Wildman–Crippen MR) is 141 cm³/mol. The van der Waals surface area contributed by atoms with E-state index in [1.165, 1.54) is 47.8 Å². The Morgan fingerprint density at radius 3 is 2.26 bits per heavy atom. The monoisotopic (exact) mass is 475 g/mol. The smallest absolute Gasteiger partial charge is 0.233 e. The molecule has 0 atom stereocenters. The zero-order chi connectivity index (χ0) is 23.5. The number of hydrogen-bond donors (Lipinski definition) is 0. The van der Waals surface area contributed by atoms with Gasteiger partial charge < -0.3 is 14.7 Å². The number of rotatable bonds is 5. The largest absolute Gasteiger partial charge is 0.368 e. The lowest BCUT2D eigenvalue weighted by molar-refractivity contribution is -0.128. The number of thioether (sulfide) groups is 1. The van der Waals surface area contributed by atoms with Gasteiger partial charge in [-0.15, -0.1) is 0 Å². The number of carbonyl (C=O) groups excluding carboxylic acids is 1. The van der Waals surface area contributed by atoms with Gasteiger partial charge >= 0.3 is 0 Å². The molecule has 34 heavy (non-hydrogen) atoms. The second-order valence-corrected chi connectivity index (χ2v) is 10.2. The molecule has 1 aromatic heterocycles.